The number of benzene rings is 4. The molecule has 4 aromatic rings. The summed E-state index contributed by atoms with van der Waals surface area (Å²) in [6.07, 6.45) is 0. The van der Waals surface area contributed by atoms with E-state index >= 15 is 0 Å². The van der Waals surface area contributed by atoms with Crippen molar-refractivity contribution in [2.75, 3.05) is 7.05 Å². The van der Waals surface area contributed by atoms with Crippen LogP contribution in [0.15, 0.2) is 97.1 Å². The Hall–Kier alpha value is -2.24. The minimum atomic E-state index is 0. The van der Waals surface area contributed by atoms with Crippen LogP contribution in [-0.2, 0) is 36.8 Å². The molecule has 2 aliphatic rings. The second kappa shape index (κ2) is 51.9. The molecule has 4 heteroatoms. The van der Waals surface area contributed by atoms with Crippen molar-refractivity contribution in [2.45, 2.75) is 165 Å². The van der Waals surface area contributed by atoms with E-state index in [9.17, 15) is 0 Å². The second-order valence-electron chi connectivity index (χ2n) is 9.43. The van der Waals surface area contributed by atoms with E-state index in [0.29, 0.717) is 0 Å². The van der Waals surface area contributed by atoms with Gasteiger partial charge in [-0.3, -0.25) is 4.90 Å². The summed E-state index contributed by atoms with van der Waals surface area (Å²) >= 11 is 6.86. The van der Waals surface area contributed by atoms with Crippen molar-refractivity contribution in [3.8, 4) is 0 Å². The molecule has 53 heavy (non-hydrogen) atoms. The van der Waals surface area contributed by atoms with Gasteiger partial charge in [-0.1, -0.05) is 244 Å². The summed E-state index contributed by atoms with van der Waals surface area (Å²) in [6.45, 7) is 24.6. The monoisotopic (exact) mass is 869 g/mol. The lowest BCUT2D eigenvalue weighted by Gasteiger charge is -2.02. The van der Waals surface area contributed by atoms with E-state index in [2.05, 4.69) is 160 Å². The maximum Gasteiger partial charge on any atom is 0.0286 e. The summed E-state index contributed by atoms with van der Waals surface area (Å²) < 4.78 is 0. The Morgan fingerprint density at radius 3 is 0.943 bits per heavy atom. The molecule has 0 spiro atoms. The molecule has 1 N–H and O–H groups in total. The fraction of sp³-hybridized carbons (Fsp3) is 0.510. The first-order valence-electron chi connectivity index (χ1n) is 16.8. The minimum Gasteiger partial charge on any atom is -0.309 e. The van der Waals surface area contributed by atoms with Crippen LogP contribution >= 0.6 is 31.9 Å². The number of fused-ring (bicyclic) bond motifs is 2. The average Bonchev–Trinajstić information content (AvgIpc) is 3.76. The van der Waals surface area contributed by atoms with Crippen molar-refractivity contribution in [3.05, 3.63) is 142 Å². The van der Waals surface area contributed by atoms with Gasteiger partial charge in [0.05, 0.1) is 0 Å². The fourth-order valence-electron chi connectivity index (χ4n) is 4.22. The molecular weight excluding hydrogens is 776 g/mol. The smallest absolute Gasteiger partial charge is 0.0286 e. The highest BCUT2D eigenvalue weighted by Crippen LogP contribution is 2.20. The lowest BCUT2D eigenvalue weighted by Crippen LogP contribution is -2.07. The third-order valence-electron chi connectivity index (χ3n) is 6.58. The van der Waals surface area contributed by atoms with Crippen molar-refractivity contribution < 1.29 is 0 Å². The lowest BCUT2D eigenvalue weighted by molar-refractivity contribution is 0.353. The molecule has 0 radical (unpaired) electrons. The van der Waals surface area contributed by atoms with Gasteiger partial charge < -0.3 is 5.32 Å². The maximum absolute atomic E-state index is 3.43. The molecular formula is C49H94Br2N2. The van der Waals surface area contributed by atoms with Gasteiger partial charge in [0.2, 0.25) is 0 Å². The van der Waals surface area contributed by atoms with E-state index in [1.165, 1.54) is 44.5 Å². The zero-order valence-corrected chi connectivity index (χ0v) is 33.4. The third kappa shape index (κ3) is 31.8. The number of rotatable bonds is 2. The van der Waals surface area contributed by atoms with Gasteiger partial charge >= 0.3 is 0 Å². The Kier molecular flexibility index (Phi) is 74.0. The van der Waals surface area contributed by atoms with Crippen LogP contribution in [0.25, 0.3) is 0 Å². The van der Waals surface area contributed by atoms with Crippen LogP contribution in [0.1, 0.15) is 159 Å². The van der Waals surface area contributed by atoms with Crippen LogP contribution in [-0.4, -0.2) is 11.9 Å². The molecule has 0 fully saturated rings. The van der Waals surface area contributed by atoms with Crippen LogP contribution in [0.3, 0.4) is 0 Å². The maximum atomic E-state index is 3.43. The van der Waals surface area contributed by atoms with Crippen LogP contribution < -0.4 is 5.32 Å². The van der Waals surface area contributed by atoms with Gasteiger partial charge in [0.1, 0.15) is 0 Å². The van der Waals surface area contributed by atoms with Crippen molar-refractivity contribution in [1.29, 1.82) is 0 Å². The zero-order valence-electron chi connectivity index (χ0n) is 30.2. The Balaban J connectivity index is -0.0000000522. The Morgan fingerprint density at radius 1 is 0.434 bits per heavy atom. The molecule has 6 rings (SSSR count). The molecule has 0 atom stereocenters. The Bertz CT molecular complexity index is 1150. The first-order valence-corrected chi connectivity index (χ1v) is 19.0. The molecule has 0 saturated heterocycles. The molecule has 2 heterocycles. The number of hydrogen-bond donors (Lipinski definition) is 1. The average molecular weight is 871 g/mol. The highest BCUT2D eigenvalue weighted by Gasteiger charge is 2.13. The quantitative estimate of drug-likeness (QED) is 0.202. The number of aryl methyl sites for hydroxylation is 2. The van der Waals surface area contributed by atoms with Crippen LogP contribution in [0.4, 0.5) is 0 Å². The Labute approximate surface area is 354 Å². The molecule has 2 nitrogen and oxygen atoms in total. The topological polar surface area (TPSA) is 15.3 Å². The molecule has 314 valence electrons. The highest BCUT2D eigenvalue weighted by molar-refractivity contribution is 9.09. The molecule has 0 aromatic heterocycles. The van der Waals surface area contributed by atoms with Gasteiger partial charge in [0.25, 0.3) is 0 Å². The molecule has 0 unspecified atom stereocenters. The standard InChI is InChI=1S/C9H11N.C8H8Br2.C8H9N.C8H10.4C2H6.8CH4/c1-10-6-8-4-2-3-5-9(8)7-10;9-5-7-3-1-2-4-8(7)6-10;1-2-4-8-6-9-5-7(8)3-1;1-7-5-3-4-6-8(7)2;4*1-2;;;;;;;;/h2-5H,6-7H2,1H3;1-4H,5-6H2;1-4,9H,5-6H2;3-6H,1-2H3;4*1-2H3;8*1H4. The minimum absolute atomic E-state index is 0. The first kappa shape index (κ1) is 75.7. The van der Waals surface area contributed by atoms with E-state index in [0.717, 1.165) is 36.8 Å². The lowest BCUT2D eigenvalue weighted by atomic mass is 10.1. The number of alkyl halides is 2. The van der Waals surface area contributed by atoms with Crippen molar-refractivity contribution in [1.82, 2.24) is 10.2 Å². The Morgan fingerprint density at radius 2 is 0.679 bits per heavy atom. The van der Waals surface area contributed by atoms with E-state index < -0.39 is 0 Å². The zero-order chi connectivity index (χ0) is 34.5. The van der Waals surface area contributed by atoms with Gasteiger partial charge in [-0.2, -0.15) is 0 Å². The molecule has 0 aliphatic carbocycles. The highest BCUT2D eigenvalue weighted by atomic mass is 79.9. The van der Waals surface area contributed by atoms with Crippen LogP contribution in [0, 0.1) is 13.8 Å². The largest absolute Gasteiger partial charge is 0.309 e. The molecule has 0 saturated carbocycles. The summed E-state index contributed by atoms with van der Waals surface area (Å²) in [7, 11) is 2.15. The van der Waals surface area contributed by atoms with Gasteiger partial charge in [-0.25, -0.2) is 0 Å². The van der Waals surface area contributed by atoms with E-state index in [-0.39, 0.29) is 59.4 Å². The predicted molar refractivity (Wildman–Crippen MR) is 265 cm³/mol. The molecule has 0 bridgehead atoms. The van der Waals surface area contributed by atoms with E-state index in [1.807, 2.05) is 55.4 Å². The van der Waals surface area contributed by atoms with E-state index in [1.54, 1.807) is 0 Å². The molecule has 4 aromatic carbocycles. The summed E-state index contributed by atoms with van der Waals surface area (Å²) in [6, 6.07) is 33.9. The summed E-state index contributed by atoms with van der Waals surface area (Å²) in [5, 5.41) is 5.17. The number of halogens is 2. The fourth-order valence-corrected chi connectivity index (χ4v) is 5.31. The van der Waals surface area contributed by atoms with Crippen LogP contribution in [0.5, 0.6) is 0 Å². The van der Waals surface area contributed by atoms with Gasteiger partial charge in [0, 0.05) is 36.8 Å². The van der Waals surface area contributed by atoms with Crippen LogP contribution in [0.2, 0.25) is 0 Å². The summed E-state index contributed by atoms with van der Waals surface area (Å²) in [4.78, 5) is 2.32. The predicted octanol–water partition coefficient (Wildman–Crippen LogP) is 17.9. The summed E-state index contributed by atoms with van der Waals surface area (Å²) in [5.74, 6) is 0. The molecule has 0 amide bonds. The van der Waals surface area contributed by atoms with Gasteiger partial charge in [-0.15, -0.1) is 0 Å². The number of nitrogens with zero attached hydrogens (tertiary/aromatic N) is 1. The number of hydrogen-bond acceptors (Lipinski definition) is 2. The van der Waals surface area contributed by atoms with Gasteiger partial charge in [0.15, 0.2) is 0 Å². The van der Waals surface area contributed by atoms with Crippen molar-refractivity contribution in [3.63, 3.8) is 0 Å². The molecule has 2 aliphatic heterocycles. The normalized spacial score (nSPS) is 9.60. The van der Waals surface area contributed by atoms with Crippen molar-refractivity contribution in [2.24, 2.45) is 0 Å². The number of nitrogens with one attached hydrogen (secondary N) is 1. The third-order valence-corrected chi connectivity index (χ3v) is 7.79. The van der Waals surface area contributed by atoms with Gasteiger partial charge in [-0.05, 0) is 65.4 Å². The van der Waals surface area contributed by atoms with E-state index in [4.69, 9.17) is 0 Å². The first-order chi connectivity index (χ1) is 22.0. The SMILES string of the molecule is BrCc1ccccc1CBr.C.C.C.C.C.C.C.C.CC.CC.CC.CC.CN1Cc2ccccc2C1.Cc1ccccc1C.c1ccc2c(c1)CNC2. The second-order valence-corrected chi connectivity index (χ2v) is 10.6. The van der Waals surface area contributed by atoms with Crippen molar-refractivity contribution >= 4 is 31.9 Å². The summed E-state index contributed by atoms with van der Waals surface area (Å²) in [5.41, 5.74) is 11.4.